The standard InChI is InChI=1S/C24H25NO2/c1-25(24(27)17-21-12-14-22(18-26)15-13-21)23-9-5-8-20(16-23)11-10-19-6-3-2-4-7-19/h2-9,12-16,26H,10-11,17-18H2,1H3. The lowest BCUT2D eigenvalue weighted by Crippen LogP contribution is -2.27. The summed E-state index contributed by atoms with van der Waals surface area (Å²) in [5, 5.41) is 9.11. The van der Waals surface area contributed by atoms with Gasteiger partial charge in [0.15, 0.2) is 0 Å². The summed E-state index contributed by atoms with van der Waals surface area (Å²) in [6.45, 7) is 0.0178. The van der Waals surface area contributed by atoms with Gasteiger partial charge in [0.25, 0.3) is 0 Å². The second-order valence-electron chi connectivity index (χ2n) is 6.76. The van der Waals surface area contributed by atoms with Gasteiger partial charge in [-0.25, -0.2) is 0 Å². The lowest BCUT2D eigenvalue weighted by molar-refractivity contribution is -0.117. The molecule has 0 aliphatic rings. The second kappa shape index (κ2) is 9.15. The van der Waals surface area contributed by atoms with Crippen molar-refractivity contribution in [2.24, 2.45) is 0 Å². The Bertz CT molecular complexity index is 872. The molecule has 3 rings (SSSR count). The fourth-order valence-electron chi connectivity index (χ4n) is 3.05. The quantitative estimate of drug-likeness (QED) is 0.688. The van der Waals surface area contributed by atoms with E-state index in [0.29, 0.717) is 6.42 Å². The maximum absolute atomic E-state index is 12.6. The van der Waals surface area contributed by atoms with Crippen LogP contribution in [0.4, 0.5) is 5.69 Å². The third kappa shape index (κ3) is 5.28. The van der Waals surface area contributed by atoms with E-state index in [-0.39, 0.29) is 12.5 Å². The summed E-state index contributed by atoms with van der Waals surface area (Å²) in [7, 11) is 1.82. The molecule has 0 unspecified atom stereocenters. The smallest absolute Gasteiger partial charge is 0.231 e. The molecule has 0 fully saturated rings. The minimum atomic E-state index is 0.0178. The van der Waals surface area contributed by atoms with Gasteiger partial charge in [-0.05, 0) is 47.2 Å². The first-order chi connectivity index (χ1) is 13.2. The normalized spacial score (nSPS) is 10.6. The fourth-order valence-corrected chi connectivity index (χ4v) is 3.05. The molecule has 0 atom stereocenters. The van der Waals surface area contributed by atoms with Crippen LogP contribution in [0.15, 0.2) is 78.9 Å². The highest BCUT2D eigenvalue weighted by atomic mass is 16.3. The first-order valence-corrected chi connectivity index (χ1v) is 9.24. The highest BCUT2D eigenvalue weighted by Gasteiger charge is 2.12. The minimum Gasteiger partial charge on any atom is -0.392 e. The van der Waals surface area contributed by atoms with Gasteiger partial charge in [-0.3, -0.25) is 4.79 Å². The Hall–Kier alpha value is -2.91. The number of aryl methyl sites for hydroxylation is 2. The van der Waals surface area contributed by atoms with Gasteiger partial charge in [0.1, 0.15) is 0 Å². The van der Waals surface area contributed by atoms with E-state index in [9.17, 15) is 4.79 Å². The van der Waals surface area contributed by atoms with Crippen molar-refractivity contribution in [1.82, 2.24) is 0 Å². The molecule has 3 nitrogen and oxygen atoms in total. The van der Waals surface area contributed by atoms with Gasteiger partial charge in [0.05, 0.1) is 13.0 Å². The molecule has 0 aromatic heterocycles. The number of hydrogen-bond donors (Lipinski definition) is 1. The topological polar surface area (TPSA) is 40.5 Å². The van der Waals surface area contributed by atoms with Crippen LogP contribution >= 0.6 is 0 Å². The highest BCUT2D eigenvalue weighted by Crippen LogP contribution is 2.18. The number of rotatable bonds is 7. The largest absolute Gasteiger partial charge is 0.392 e. The number of aliphatic hydroxyl groups excluding tert-OH is 1. The Labute approximate surface area is 160 Å². The number of carbonyl (C=O) groups is 1. The Morgan fingerprint density at radius 2 is 1.41 bits per heavy atom. The average molecular weight is 359 g/mol. The van der Waals surface area contributed by atoms with E-state index in [1.54, 1.807) is 4.90 Å². The molecule has 0 aliphatic carbocycles. The number of hydrogen-bond acceptors (Lipinski definition) is 2. The zero-order chi connectivity index (χ0) is 19.1. The van der Waals surface area contributed by atoms with Crippen LogP contribution in [0.2, 0.25) is 0 Å². The molecule has 3 aromatic rings. The van der Waals surface area contributed by atoms with Crippen molar-refractivity contribution in [2.75, 3.05) is 11.9 Å². The Balaban J connectivity index is 1.63. The Morgan fingerprint density at radius 3 is 2.11 bits per heavy atom. The number of aliphatic hydroxyl groups is 1. The molecule has 0 radical (unpaired) electrons. The van der Waals surface area contributed by atoms with E-state index < -0.39 is 0 Å². The maximum Gasteiger partial charge on any atom is 0.231 e. The van der Waals surface area contributed by atoms with Crippen molar-refractivity contribution in [1.29, 1.82) is 0 Å². The predicted octanol–water partition coefficient (Wildman–Crippen LogP) is 4.17. The fraction of sp³-hybridized carbons (Fsp3) is 0.208. The monoisotopic (exact) mass is 359 g/mol. The lowest BCUT2D eigenvalue weighted by Gasteiger charge is -2.18. The third-order valence-corrected chi connectivity index (χ3v) is 4.78. The summed E-state index contributed by atoms with van der Waals surface area (Å²) in [4.78, 5) is 14.3. The van der Waals surface area contributed by atoms with Gasteiger partial charge in [-0.1, -0.05) is 66.7 Å². The van der Waals surface area contributed by atoms with Crippen LogP contribution in [0.5, 0.6) is 0 Å². The molecule has 0 aliphatic heterocycles. The number of anilines is 1. The molecule has 0 saturated carbocycles. The van der Waals surface area contributed by atoms with Crippen molar-refractivity contribution in [2.45, 2.75) is 25.9 Å². The number of carbonyl (C=O) groups excluding carboxylic acids is 1. The number of amides is 1. The summed E-state index contributed by atoms with van der Waals surface area (Å²) >= 11 is 0. The highest BCUT2D eigenvalue weighted by molar-refractivity contribution is 5.94. The van der Waals surface area contributed by atoms with Crippen molar-refractivity contribution < 1.29 is 9.90 Å². The maximum atomic E-state index is 12.6. The third-order valence-electron chi connectivity index (χ3n) is 4.78. The average Bonchev–Trinajstić information content (AvgIpc) is 2.73. The van der Waals surface area contributed by atoms with Crippen molar-refractivity contribution in [3.8, 4) is 0 Å². The van der Waals surface area contributed by atoms with Gasteiger partial charge in [-0.15, -0.1) is 0 Å². The lowest BCUT2D eigenvalue weighted by atomic mass is 10.0. The van der Waals surface area contributed by atoms with E-state index in [0.717, 1.165) is 29.7 Å². The van der Waals surface area contributed by atoms with Crippen LogP contribution in [0.1, 0.15) is 22.3 Å². The zero-order valence-electron chi connectivity index (χ0n) is 15.6. The molecule has 3 heteroatoms. The van der Waals surface area contributed by atoms with E-state index in [1.807, 2.05) is 49.5 Å². The van der Waals surface area contributed by atoms with Gasteiger partial charge in [0, 0.05) is 12.7 Å². The van der Waals surface area contributed by atoms with Gasteiger partial charge >= 0.3 is 0 Å². The number of benzene rings is 3. The molecule has 27 heavy (non-hydrogen) atoms. The van der Waals surface area contributed by atoms with Crippen LogP contribution in [0.3, 0.4) is 0 Å². The Kier molecular flexibility index (Phi) is 6.39. The van der Waals surface area contributed by atoms with Crippen molar-refractivity contribution >= 4 is 11.6 Å². The molecule has 0 heterocycles. The number of nitrogens with zero attached hydrogens (tertiary/aromatic N) is 1. The minimum absolute atomic E-state index is 0.0178. The van der Waals surface area contributed by atoms with Crippen molar-refractivity contribution in [3.63, 3.8) is 0 Å². The number of likely N-dealkylation sites (N-methyl/N-ethyl adjacent to an activating group) is 1. The molecule has 138 valence electrons. The zero-order valence-corrected chi connectivity index (χ0v) is 15.6. The van der Waals surface area contributed by atoms with Crippen LogP contribution in [-0.2, 0) is 30.7 Å². The molecule has 1 amide bonds. The first kappa shape index (κ1) is 18.9. The Morgan fingerprint density at radius 1 is 0.778 bits per heavy atom. The molecule has 1 N–H and O–H groups in total. The second-order valence-corrected chi connectivity index (χ2v) is 6.76. The van der Waals surface area contributed by atoms with Crippen molar-refractivity contribution in [3.05, 3.63) is 101 Å². The molecule has 0 saturated heterocycles. The van der Waals surface area contributed by atoms with Gasteiger partial charge in [0.2, 0.25) is 5.91 Å². The van der Waals surface area contributed by atoms with Crippen LogP contribution in [0.25, 0.3) is 0 Å². The van der Waals surface area contributed by atoms with Gasteiger partial charge < -0.3 is 10.0 Å². The summed E-state index contributed by atoms with van der Waals surface area (Å²) in [5.74, 6) is 0.0481. The van der Waals surface area contributed by atoms with Crippen LogP contribution in [-0.4, -0.2) is 18.1 Å². The van der Waals surface area contributed by atoms with E-state index >= 15 is 0 Å². The van der Waals surface area contributed by atoms with E-state index in [1.165, 1.54) is 11.1 Å². The SMILES string of the molecule is CN(C(=O)Cc1ccc(CO)cc1)c1cccc(CCc2ccccc2)c1. The van der Waals surface area contributed by atoms with Crippen LogP contribution in [0, 0.1) is 0 Å². The molecule has 0 bridgehead atoms. The predicted molar refractivity (Wildman–Crippen MR) is 110 cm³/mol. The molecular weight excluding hydrogens is 334 g/mol. The summed E-state index contributed by atoms with van der Waals surface area (Å²) in [6.07, 6.45) is 2.28. The molecule has 3 aromatic carbocycles. The summed E-state index contributed by atoms with van der Waals surface area (Å²) in [5.41, 5.74) is 5.26. The first-order valence-electron chi connectivity index (χ1n) is 9.24. The van der Waals surface area contributed by atoms with E-state index in [4.69, 9.17) is 5.11 Å². The summed E-state index contributed by atoms with van der Waals surface area (Å²) < 4.78 is 0. The van der Waals surface area contributed by atoms with Crippen LogP contribution < -0.4 is 4.90 Å². The summed E-state index contributed by atoms with van der Waals surface area (Å²) in [6, 6.07) is 26.1. The molecule has 0 spiro atoms. The van der Waals surface area contributed by atoms with Gasteiger partial charge in [-0.2, -0.15) is 0 Å². The van der Waals surface area contributed by atoms with E-state index in [2.05, 4.69) is 36.4 Å². The molecular formula is C24H25NO2.